The fourth-order valence-corrected chi connectivity index (χ4v) is 1.34. The summed E-state index contributed by atoms with van der Waals surface area (Å²) in [5.41, 5.74) is 0. The highest BCUT2D eigenvalue weighted by molar-refractivity contribution is 5.95. The number of Topliss-reactive ketones (excluding diaryl/α,β-unsaturated/α-hetero) is 1. The summed E-state index contributed by atoms with van der Waals surface area (Å²) < 4.78 is 4.85. The molecule has 0 radical (unpaired) electrons. The molecule has 0 spiro atoms. The van der Waals surface area contributed by atoms with Gasteiger partial charge in [-0.3, -0.25) is 9.59 Å². The van der Waals surface area contributed by atoms with E-state index < -0.39 is 5.97 Å². The average Bonchev–Trinajstić information content (AvgIpc) is 2.29. The molecule has 0 aromatic rings. The van der Waals surface area contributed by atoms with Crippen LogP contribution in [-0.4, -0.2) is 18.4 Å². The second-order valence-electron chi connectivity index (χ2n) is 3.90. The van der Waals surface area contributed by atoms with Crippen molar-refractivity contribution in [1.82, 2.24) is 0 Å². The number of carbonyl (C=O) groups excluding carboxylic acids is 2. The van der Waals surface area contributed by atoms with E-state index in [1.54, 1.807) is 6.08 Å². The van der Waals surface area contributed by atoms with Crippen molar-refractivity contribution in [2.75, 3.05) is 6.61 Å². The molecule has 0 rings (SSSR count). The third-order valence-electron chi connectivity index (χ3n) is 2.29. The van der Waals surface area contributed by atoms with Crippen molar-refractivity contribution in [3.05, 3.63) is 25.3 Å². The standard InChI is InChI=1S/C14H22O3/c1-3-5-7-8-9-10-13(15)12-14(16)17-11-6-4-2/h3-4H,1-2,5-12H2. The van der Waals surface area contributed by atoms with Crippen LogP contribution in [0.25, 0.3) is 0 Å². The molecule has 3 heteroatoms. The largest absolute Gasteiger partial charge is 0.465 e. The summed E-state index contributed by atoms with van der Waals surface area (Å²) in [5, 5.41) is 0. The molecule has 17 heavy (non-hydrogen) atoms. The van der Waals surface area contributed by atoms with Crippen molar-refractivity contribution in [3.63, 3.8) is 0 Å². The van der Waals surface area contributed by atoms with Crippen LogP contribution in [0.5, 0.6) is 0 Å². The zero-order chi connectivity index (χ0) is 12.9. The van der Waals surface area contributed by atoms with E-state index >= 15 is 0 Å². The highest BCUT2D eigenvalue weighted by Gasteiger charge is 2.09. The third-order valence-corrected chi connectivity index (χ3v) is 2.29. The van der Waals surface area contributed by atoms with Crippen molar-refractivity contribution < 1.29 is 14.3 Å². The first kappa shape index (κ1) is 15.6. The van der Waals surface area contributed by atoms with Crippen molar-refractivity contribution in [1.29, 1.82) is 0 Å². The molecule has 0 aromatic heterocycles. The number of hydrogen-bond donors (Lipinski definition) is 0. The summed E-state index contributed by atoms with van der Waals surface area (Å²) in [4.78, 5) is 22.6. The third kappa shape index (κ3) is 10.9. The number of esters is 1. The Morgan fingerprint density at radius 3 is 2.35 bits per heavy atom. The lowest BCUT2D eigenvalue weighted by atomic mass is 10.1. The molecule has 0 amide bonds. The molecule has 0 fully saturated rings. The second kappa shape index (κ2) is 11.1. The number of allylic oxidation sites excluding steroid dienone is 1. The Morgan fingerprint density at radius 1 is 1.00 bits per heavy atom. The van der Waals surface area contributed by atoms with Crippen LogP contribution in [-0.2, 0) is 14.3 Å². The Kier molecular flexibility index (Phi) is 10.2. The molecule has 0 saturated heterocycles. The van der Waals surface area contributed by atoms with Crippen molar-refractivity contribution in [2.24, 2.45) is 0 Å². The topological polar surface area (TPSA) is 43.4 Å². The van der Waals surface area contributed by atoms with Gasteiger partial charge in [0.15, 0.2) is 0 Å². The molecule has 0 atom stereocenters. The minimum Gasteiger partial charge on any atom is -0.465 e. The summed E-state index contributed by atoms with van der Waals surface area (Å²) in [6.07, 6.45) is 8.43. The lowest BCUT2D eigenvalue weighted by Crippen LogP contribution is -2.11. The summed E-state index contributed by atoms with van der Waals surface area (Å²) >= 11 is 0. The zero-order valence-electron chi connectivity index (χ0n) is 10.5. The van der Waals surface area contributed by atoms with Gasteiger partial charge in [0.1, 0.15) is 12.2 Å². The SMILES string of the molecule is C=CCCCCCC(=O)CC(=O)OCCC=C. The smallest absolute Gasteiger partial charge is 0.313 e. The Labute approximate surface area is 104 Å². The normalized spacial score (nSPS) is 9.65. The van der Waals surface area contributed by atoms with Crippen molar-refractivity contribution in [2.45, 2.75) is 44.9 Å². The number of carbonyl (C=O) groups is 2. The fourth-order valence-electron chi connectivity index (χ4n) is 1.34. The van der Waals surface area contributed by atoms with Crippen LogP contribution in [0.3, 0.4) is 0 Å². The number of hydrogen-bond acceptors (Lipinski definition) is 3. The minimum atomic E-state index is -0.428. The molecule has 0 aliphatic rings. The monoisotopic (exact) mass is 238 g/mol. The van der Waals surface area contributed by atoms with Gasteiger partial charge in [0.2, 0.25) is 0 Å². The van der Waals surface area contributed by atoms with Gasteiger partial charge in [0.05, 0.1) is 6.61 Å². The predicted molar refractivity (Wildman–Crippen MR) is 68.7 cm³/mol. The van der Waals surface area contributed by atoms with Gasteiger partial charge in [-0.05, 0) is 25.7 Å². The van der Waals surface area contributed by atoms with Crippen molar-refractivity contribution >= 4 is 11.8 Å². The number of rotatable bonds is 11. The van der Waals surface area contributed by atoms with E-state index in [2.05, 4.69) is 13.2 Å². The van der Waals surface area contributed by atoms with Crippen LogP contribution in [0.15, 0.2) is 25.3 Å². The van der Waals surface area contributed by atoms with Crippen molar-refractivity contribution in [3.8, 4) is 0 Å². The van der Waals surface area contributed by atoms with Gasteiger partial charge < -0.3 is 4.74 Å². The van der Waals surface area contributed by atoms with E-state index in [1.807, 2.05) is 6.08 Å². The van der Waals surface area contributed by atoms with E-state index in [-0.39, 0.29) is 12.2 Å². The van der Waals surface area contributed by atoms with Gasteiger partial charge in [-0.1, -0.05) is 18.6 Å². The van der Waals surface area contributed by atoms with E-state index in [0.717, 1.165) is 25.7 Å². The molecule has 3 nitrogen and oxygen atoms in total. The fraction of sp³-hybridized carbons (Fsp3) is 0.571. The Balaban J connectivity index is 3.46. The highest BCUT2D eigenvalue weighted by Crippen LogP contribution is 2.05. The quantitative estimate of drug-likeness (QED) is 0.240. The molecule has 0 N–H and O–H groups in total. The highest BCUT2D eigenvalue weighted by atomic mass is 16.5. The zero-order valence-corrected chi connectivity index (χ0v) is 10.5. The number of unbranched alkanes of at least 4 members (excludes halogenated alkanes) is 3. The van der Waals surface area contributed by atoms with Gasteiger partial charge in [-0.15, -0.1) is 13.2 Å². The second-order valence-corrected chi connectivity index (χ2v) is 3.90. The first-order chi connectivity index (χ1) is 8.20. The summed E-state index contributed by atoms with van der Waals surface area (Å²) in [5.74, 6) is -0.463. The van der Waals surface area contributed by atoms with Gasteiger partial charge in [-0.25, -0.2) is 0 Å². The van der Waals surface area contributed by atoms with Gasteiger partial charge >= 0.3 is 5.97 Å². The van der Waals surface area contributed by atoms with Crippen LogP contribution in [0.4, 0.5) is 0 Å². The lowest BCUT2D eigenvalue weighted by molar-refractivity contribution is -0.145. The van der Waals surface area contributed by atoms with Gasteiger partial charge in [0.25, 0.3) is 0 Å². The maximum Gasteiger partial charge on any atom is 0.313 e. The molecule has 0 saturated carbocycles. The number of ether oxygens (including phenoxy) is 1. The molecule has 0 bridgehead atoms. The summed E-state index contributed by atoms with van der Waals surface area (Å²) in [6, 6.07) is 0. The lowest BCUT2D eigenvalue weighted by Gasteiger charge is -2.02. The molecule has 0 unspecified atom stereocenters. The molecule has 96 valence electrons. The molecular formula is C14H22O3. The predicted octanol–water partition coefficient (Wildman–Crippen LogP) is 3.20. The van der Waals surface area contributed by atoms with E-state index in [0.29, 0.717) is 19.4 Å². The first-order valence-corrected chi connectivity index (χ1v) is 6.09. The van der Waals surface area contributed by atoms with E-state index in [9.17, 15) is 9.59 Å². The van der Waals surface area contributed by atoms with Crippen LogP contribution in [0.1, 0.15) is 44.9 Å². The van der Waals surface area contributed by atoms with E-state index in [4.69, 9.17) is 4.74 Å². The molecule has 0 heterocycles. The average molecular weight is 238 g/mol. The van der Waals surface area contributed by atoms with Gasteiger partial charge in [-0.2, -0.15) is 0 Å². The molecule has 0 aliphatic carbocycles. The molecular weight excluding hydrogens is 216 g/mol. The molecule has 0 aliphatic heterocycles. The van der Waals surface area contributed by atoms with Crippen LogP contribution in [0, 0.1) is 0 Å². The number of ketones is 1. The maximum absolute atomic E-state index is 11.4. The molecule has 0 aromatic carbocycles. The maximum atomic E-state index is 11.4. The van der Waals surface area contributed by atoms with Crippen LogP contribution < -0.4 is 0 Å². The Hall–Kier alpha value is -1.38. The van der Waals surface area contributed by atoms with Crippen LogP contribution in [0.2, 0.25) is 0 Å². The minimum absolute atomic E-state index is 0.0350. The first-order valence-electron chi connectivity index (χ1n) is 6.09. The van der Waals surface area contributed by atoms with Gasteiger partial charge in [0, 0.05) is 6.42 Å². The Morgan fingerprint density at radius 2 is 1.71 bits per heavy atom. The summed E-state index contributed by atoms with van der Waals surface area (Å²) in [6.45, 7) is 7.47. The van der Waals surface area contributed by atoms with Crippen LogP contribution >= 0.6 is 0 Å². The Bertz CT molecular complexity index is 256. The summed E-state index contributed by atoms with van der Waals surface area (Å²) in [7, 11) is 0. The van der Waals surface area contributed by atoms with E-state index in [1.165, 1.54) is 0 Å².